The smallest absolute Gasteiger partial charge is 0.303 e. The summed E-state index contributed by atoms with van der Waals surface area (Å²) < 4.78 is 11.2. The summed E-state index contributed by atoms with van der Waals surface area (Å²) in [6, 6.07) is 7.69. The fraction of sp³-hybridized carbons (Fsp3) is 0.286. The van der Waals surface area contributed by atoms with Crippen LogP contribution in [0.2, 0.25) is 0 Å². The summed E-state index contributed by atoms with van der Waals surface area (Å²) in [6.45, 7) is 0.420. The highest BCUT2D eigenvalue weighted by Crippen LogP contribution is 2.36. The molecule has 0 radical (unpaired) electrons. The number of unbranched alkanes of at least 4 members (excludes halogenated alkanes) is 2. The predicted octanol–water partition coefficient (Wildman–Crippen LogP) is 4.71. The number of carboxylic acid groups (broad SMARTS) is 1. The van der Waals surface area contributed by atoms with Gasteiger partial charge in [-0.15, -0.1) is 0 Å². The third-order valence-electron chi connectivity index (χ3n) is 4.71. The van der Waals surface area contributed by atoms with E-state index >= 15 is 0 Å². The van der Waals surface area contributed by atoms with Crippen LogP contribution in [0.4, 0.5) is 5.69 Å². The Balaban J connectivity index is 1.71. The van der Waals surface area contributed by atoms with Crippen LogP contribution in [0, 0.1) is 10.1 Å². The standard InChI is InChI=1S/C21H20N2O7S2/c1-29-13-6-8-15(16(11-13)23(27)28)17-9-7-14(30-17)12-18-20(26)22(21(31)32-18)10-4-2-3-5-19(24)25/h6-9,11-12H,2-5,10H2,1H3,(H,24,25)/b18-12+. The molecule has 1 N–H and O–H groups in total. The molecule has 9 nitrogen and oxygen atoms in total. The van der Waals surface area contributed by atoms with Gasteiger partial charge < -0.3 is 14.3 Å². The maximum atomic E-state index is 12.7. The number of thiocarbonyl (C=S) groups is 1. The van der Waals surface area contributed by atoms with E-state index in [0.29, 0.717) is 57.9 Å². The summed E-state index contributed by atoms with van der Waals surface area (Å²) >= 11 is 6.45. The molecule has 2 aromatic rings. The summed E-state index contributed by atoms with van der Waals surface area (Å²) in [5.74, 6) is -0.0617. The van der Waals surface area contributed by atoms with Gasteiger partial charge in [-0.1, -0.05) is 30.4 Å². The van der Waals surface area contributed by atoms with Gasteiger partial charge in [0.05, 0.1) is 28.6 Å². The molecule has 1 aromatic heterocycles. The van der Waals surface area contributed by atoms with Gasteiger partial charge in [0, 0.05) is 19.0 Å². The van der Waals surface area contributed by atoms with E-state index in [1.54, 1.807) is 30.3 Å². The van der Waals surface area contributed by atoms with Gasteiger partial charge in [-0.25, -0.2) is 0 Å². The Morgan fingerprint density at radius 3 is 2.78 bits per heavy atom. The topological polar surface area (TPSA) is 123 Å². The number of amides is 1. The van der Waals surface area contributed by atoms with E-state index in [-0.39, 0.29) is 18.0 Å². The number of aliphatic carboxylic acids is 1. The van der Waals surface area contributed by atoms with E-state index in [0.717, 1.165) is 11.8 Å². The largest absolute Gasteiger partial charge is 0.497 e. The van der Waals surface area contributed by atoms with Crippen LogP contribution in [0.3, 0.4) is 0 Å². The van der Waals surface area contributed by atoms with Gasteiger partial charge in [-0.05, 0) is 37.1 Å². The number of hydrogen-bond acceptors (Lipinski definition) is 8. The number of benzene rings is 1. The molecule has 1 saturated heterocycles. The van der Waals surface area contributed by atoms with Crippen LogP contribution < -0.4 is 4.74 Å². The molecule has 1 amide bonds. The lowest BCUT2D eigenvalue weighted by Crippen LogP contribution is -2.29. The van der Waals surface area contributed by atoms with Crippen LogP contribution >= 0.6 is 24.0 Å². The highest BCUT2D eigenvalue weighted by molar-refractivity contribution is 8.26. The molecule has 11 heteroatoms. The summed E-state index contributed by atoms with van der Waals surface area (Å²) in [6.07, 6.45) is 3.55. The van der Waals surface area contributed by atoms with E-state index in [9.17, 15) is 19.7 Å². The molecule has 3 rings (SSSR count). The zero-order valence-electron chi connectivity index (χ0n) is 17.1. The SMILES string of the molecule is COc1ccc(-c2ccc(/C=C3/SC(=S)N(CCCCCC(=O)O)C3=O)o2)c([N+](=O)[O-])c1. The summed E-state index contributed by atoms with van der Waals surface area (Å²) in [5, 5.41) is 20.1. The second kappa shape index (κ2) is 10.4. The first kappa shape index (κ1) is 23.5. The first-order chi connectivity index (χ1) is 15.3. The Kier molecular flexibility index (Phi) is 7.65. The van der Waals surface area contributed by atoms with E-state index in [4.69, 9.17) is 26.5 Å². The Bertz CT molecular complexity index is 1090. The van der Waals surface area contributed by atoms with Crippen LogP contribution in [-0.4, -0.2) is 44.8 Å². The third-order valence-corrected chi connectivity index (χ3v) is 6.09. The first-order valence-corrected chi connectivity index (χ1v) is 10.9. The molecule has 1 aliphatic rings. The normalized spacial score (nSPS) is 14.9. The second-order valence-electron chi connectivity index (χ2n) is 6.88. The monoisotopic (exact) mass is 476 g/mol. The molecule has 0 aliphatic carbocycles. The van der Waals surface area contributed by atoms with Crippen molar-refractivity contribution in [3.63, 3.8) is 0 Å². The van der Waals surface area contributed by atoms with Crippen molar-refractivity contribution < 1.29 is 28.8 Å². The zero-order valence-corrected chi connectivity index (χ0v) is 18.7. The number of carboxylic acids is 1. The maximum Gasteiger partial charge on any atom is 0.303 e. The molecule has 0 atom stereocenters. The van der Waals surface area contributed by atoms with Gasteiger partial charge in [0.25, 0.3) is 11.6 Å². The maximum absolute atomic E-state index is 12.7. The van der Waals surface area contributed by atoms with Crippen molar-refractivity contribution in [2.45, 2.75) is 25.7 Å². The van der Waals surface area contributed by atoms with E-state index in [1.807, 2.05) is 0 Å². The number of nitro benzene ring substituents is 1. The number of carbonyl (C=O) groups is 2. The number of nitro groups is 1. The van der Waals surface area contributed by atoms with Crippen molar-refractivity contribution in [2.24, 2.45) is 0 Å². The number of furan rings is 1. The van der Waals surface area contributed by atoms with Gasteiger partial charge in [0.2, 0.25) is 0 Å². The third kappa shape index (κ3) is 5.54. The average Bonchev–Trinajstić information content (AvgIpc) is 3.32. The zero-order chi connectivity index (χ0) is 23.3. The number of hydrogen-bond donors (Lipinski definition) is 1. The van der Waals surface area contributed by atoms with E-state index in [1.165, 1.54) is 18.1 Å². The number of ether oxygens (including phenoxy) is 1. The molecule has 32 heavy (non-hydrogen) atoms. The fourth-order valence-corrected chi connectivity index (χ4v) is 4.41. The summed E-state index contributed by atoms with van der Waals surface area (Å²) in [7, 11) is 1.43. The Morgan fingerprint density at radius 1 is 1.31 bits per heavy atom. The number of nitrogens with zero attached hydrogens (tertiary/aromatic N) is 2. The molecule has 0 spiro atoms. The molecule has 0 unspecified atom stereocenters. The van der Waals surface area contributed by atoms with Gasteiger partial charge in [0.15, 0.2) is 0 Å². The Hall–Kier alpha value is -3.18. The highest BCUT2D eigenvalue weighted by atomic mass is 32.2. The van der Waals surface area contributed by atoms with Crippen molar-refractivity contribution in [2.75, 3.05) is 13.7 Å². The molecule has 168 valence electrons. The van der Waals surface area contributed by atoms with E-state index < -0.39 is 10.9 Å². The minimum atomic E-state index is -0.837. The number of rotatable bonds is 10. The molecule has 0 saturated carbocycles. The molecule has 1 aromatic carbocycles. The lowest BCUT2D eigenvalue weighted by Gasteiger charge is -2.13. The van der Waals surface area contributed by atoms with Gasteiger partial charge in [-0.2, -0.15) is 0 Å². The van der Waals surface area contributed by atoms with Gasteiger partial charge >= 0.3 is 5.97 Å². The fourth-order valence-electron chi connectivity index (χ4n) is 3.12. The predicted molar refractivity (Wildman–Crippen MR) is 123 cm³/mol. The van der Waals surface area contributed by atoms with Crippen molar-refractivity contribution in [1.82, 2.24) is 4.90 Å². The first-order valence-electron chi connectivity index (χ1n) is 9.70. The number of carbonyl (C=O) groups excluding carboxylic acids is 1. The van der Waals surface area contributed by atoms with Gasteiger partial charge in [0.1, 0.15) is 21.6 Å². The Labute approximate surface area is 193 Å². The minimum absolute atomic E-state index is 0.103. The van der Waals surface area contributed by atoms with Crippen molar-refractivity contribution in [3.05, 3.63) is 51.1 Å². The average molecular weight is 477 g/mol. The lowest BCUT2D eigenvalue weighted by molar-refractivity contribution is -0.384. The highest BCUT2D eigenvalue weighted by Gasteiger charge is 2.32. The van der Waals surface area contributed by atoms with Crippen LogP contribution in [-0.2, 0) is 9.59 Å². The van der Waals surface area contributed by atoms with Crippen LogP contribution in [0.25, 0.3) is 17.4 Å². The second-order valence-corrected chi connectivity index (χ2v) is 8.56. The quantitative estimate of drug-likeness (QED) is 0.171. The molecular weight excluding hydrogens is 456 g/mol. The van der Waals surface area contributed by atoms with Crippen molar-refractivity contribution in [3.8, 4) is 17.1 Å². The number of methoxy groups -OCH3 is 1. The Morgan fingerprint density at radius 2 is 2.09 bits per heavy atom. The van der Waals surface area contributed by atoms with Crippen LogP contribution in [0.15, 0.2) is 39.7 Å². The molecule has 2 heterocycles. The van der Waals surface area contributed by atoms with E-state index in [2.05, 4.69) is 0 Å². The van der Waals surface area contributed by atoms with Crippen molar-refractivity contribution in [1.29, 1.82) is 0 Å². The minimum Gasteiger partial charge on any atom is -0.497 e. The number of thioether (sulfide) groups is 1. The summed E-state index contributed by atoms with van der Waals surface area (Å²) in [4.78, 5) is 36.1. The molecule has 1 aliphatic heterocycles. The molecule has 1 fully saturated rings. The van der Waals surface area contributed by atoms with Crippen molar-refractivity contribution >= 4 is 51.9 Å². The lowest BCUT2D eigenvalue weighted by atomic mass is 10.1. The summed E-state index contributed by atoms with van der Waals surface area (Å²) in [5.41, 5.74) is 0.142. The molecular formula is C21H20N2O7S2. The van der Waals surface area contributed by atoms with Crippen LogP contribution in [0.5, 0.6) is 5.75 Å². The van der Waals surface area contributed by atoms with Gasteiger partial charge in [-0.3, -0.25) is 24.6 Å². The molecule has 0 bridgehead atoms. The van der Waals surface area contributed by atoms with Crippen LogP contribution in [0.1, 0.15) is 31.4 Å².